The molecule has 1 aromatic rings. The summed E-state index contributed by atoms with van der Waals surface area (Å²) in [6.07, 6.45) is 4.43. The molecule has 1 unspecified atom stereocenters. The molecule has 2 N–H and O–H groups in total. The second-order valence-electron chi connectivity index (χ2n) is 7.84. The summed E-state index contributed by atoms with van der Waals surface area (Å²) in [7, 11) is 1.84. The van der Waals surface area contributed by atoms with E-state index in [1.165, 1.54) is 5.56 Å². The van der Waals surface area contributed by atoms with Crippen molar-refractivity contribution in [2.45, 2.75) is 38.3 Å². The van der Waals surface area contributed by atoms with Gasteiger partial charge >= 0.3 is 0 Å². The zero-order valence-corrected chi connectivity index (χ0v) is 20.0. The molecular formula is C22H37IN4O2. The van der Waals surface area contributed by atoms with Crippen LogP contribution in [0.1, 0.15) is 31.2 Å². The van der Waals surface area contributed by atoms with Crippen LogP contribution < -0.4 is 10.6 Å². The summed E-state index contributed by atoms with van der Waals surface area (Å²) in [6, 6.07) is 11.2. The second kappa shape index (κ2) is 14.2. The number of guanidine groups is 1. The number of hydrogen-bond acceptors (Lipinski definition) is 4. The van der Waals surface area contributed by atoms with Crippen LogP contribution in [0.4, 0.5) is 0 Å². The van der Waals surface area contributed by atoms with E-state index >= 15 is 0 Å². The van der Waals surface area contributed by atoms with Crippen LogP contribution >= 0.6 is 24.0 Å². The van der Waals surface area contributed by atoms with Crippen molar-refractivity contribution in [3.05, 3.63) is 35.9 Å². The first-order valence-electron chi connectivity index (χ1n) is 10.7. The van der Waals surface area contributed by atoms with Gasteiger partial charge in [0.05, 0.1) is 13.2 Å². The lowest BCUT2D eigenvalue weighted by molar-refractivity contribution is 0.0888. The minimum absolute atomic E-state index is 0. The normalized spacial score (nSPS) is 21.0. The van der Waals surface area contributed by atoms with Gasteiger partial charge in [-0.05, 0) is 31.2 Å². The summed E-state index contributed by atoms with van der Waals surface area (Å²) in [6.45, 7) is 7.56. The Bertz CT molecular complexity index is 573. The Morgan fingerprint density at radius 3 is 2.69 bits per heavy atom. The van der Waals surface area contributed by atoms with E-state index in [0.29, 0.717) is 12.0 Å². The molecule has 2 heterocycles. The van der Waals surface area contributed by atoms with Crippen LogP contribution in [0.2, 0.25) is 0 Å². The van der Waals surface area contributed by atoms with Crippen molar-refractivity contribution in [2.24, 2.45) is 10.9 Å². The SMILES string of the molecule is CN=C(NCCCOCC1CCOC1)NC1CCN(Cc2ccccc2)CC1.I. The summed E-state index contributed by atoms with van der Waals surface area (Å²) in [5.41, 5.74) is 1.40. The summed E-state index contributed by atoms with van der Waals surface area (Å²) in [5, 5.41) is 7.00. The highest BCUT2D eigenvalue weighted by atomic mass is 127. The predicted molar refractivity (Wildman–Crippen MR) is 129 cm³/mol. The van der Waals surface area contributed by atoms with Gasteiger partial charge in [0.1, 0.15) is 0 Å². The topological polar surface area (TPSA) is 58.1 Å². The maximum Gasteiger partial charge on any atom is 0.191 e. The van der Waals surface area contributed by atoms with Crippen molar-refractivity contribution in [3.63, 3.8) is 0 Å². The van der Waals surface area contributed by atoms with Gasteiger partial charge in [-0.1, -0.05) is 30.3 Å². The first-order chi connectivity index (χ1) is 13.8. The molecule has 29 heavy (non-hydrogen) atoms. The molecule has 2 saturated heterocycles. The fraction of sp³-hybridized carbons (Fsp3) is 0.682. The number of piperidine rings is 1. The van der Waals surface area contributed by atoms with E-state index in [0.717, 1.165) is 84.2 Å². The van der Waals surface area contributed by atoms with Gasteiger partial charge < -0.3 is 20.1 Å². The molecule has 3 rings (SSSR count). The highest BCUT2D eigenvalue weighted by Crippen LogP contribution is 2.14. The fourth-order valence-corrected chi connectivity index (χ4v) is 3.81. The lowest BCUT2D eigenvalue weighted by atomic mass is 10.0. The van der Waals surface area contributed by atoms with Gasteiger partial charge in [0, 0.05) is 58.4 Å². The number of hydrogen-bond donors (Lipinski definition) is 2. The molecule has 2 fully saturated rings. The van der Waals surface area contributed by atoms with E-state index in [1.54, 1.807) is 0 Å². The van der Waals surface area contributed by atoms with E-state index in [1.807, 2.05) is 7.05 Å². The number of nitrogens with zero attached hydrogens (tertiary/aromatic N) is 2. The first kappa shape index (κ1) is 24.4. The molecule has 2 aliphatic heterocycles. The van der Waals surface area contributed by atoms with Gasteiger partial charge in [-0.25, -0.2) is 0 Å². The van der Waals surface area contributed by atoms with Gasteiger partial charge in [0.25, 0.3) is 0 Å². The maximum atomic E-state index is 5.76. The van der Waals surface area contributed by atoms with E-state index in [-0.39, 0.29) is 24.0 Å². The van der Waals surface area contributed by atoms with Gasteiger partial charge in [-0.2, -0.15) is 0 Å². The number of nitrogens with one attached hydrogen (secondary N) is 2. The molecule has 1 aromatic carbocycles. The molecule has 7 heteroatoms. The Kier molecular flexibility index (Phi) is 11.9. The Balaban J connectivity index is 0.00000300. The van der Waals surface area contributed by atoms with Crippen molar-refractivity contribution in [3.8, 4) is 0 Å². The minimum Gasteiger partial charge on any atom is -0.381 e. The third-order valence-corrected chi connectivity index (χ3v) is 5.54. The van der Waals surface area contributed by atoms with Gasteiger partial charge in [-0.15, -0.1) is 24.0 Å². The molecule has 6 nitrogen and oxygen atoms in total. The molecule has 0 aliphatic carbocycles. The molecule has 0 bridgehead atoms. The molecule has 164 valence electrons. The lowest BCUT2D eigenvalue weighted by Gasteiger charge is -2.33. The van der Waals surface area contributed by atoms with E-state index < -0.39 is 0 Å². The smallest absolute Gasteiger partial charge is 0.191 e. The van der Waals surface area contributed by atoms with Crippen LogP contribution in [0.25, 0.3) is 0 Å². The summed E-state index contributed by atoms with van der Waals surface area (Å²) in [5.74, 6) is 1.50. The lowest BCUT2D eigenvalue weighted by Crippen LogP contribution is -2.48. The Morgan fingerprint density at radius 1 is 1.21 bits per heavy atom. The van der Waals surface area contributed by atoms with Crippen LogP contribution in [-0.4, -0.2) is 70.0 Å². The van der Waals surface area contributed by atoms with E-state index in [4.69, 9.17) is 9.47 Å². The average molecular weight is 516 g/mol. The summed E-state index contributed by atoms with van der Waals surface area (Å²) < 4.78 is 11.1. The zero-order chi connectivity index (χ0) is 19.4. The largest absolute Gasteiger partial charge is 0.381 e. The maximum absolute atomic E-state index is 5.76. The predicted octanol–water partition coefficient (Wildman–Crippen LogP) is 2.88. The number of likely N-dealkylation sites (tertiary alicyclic amines) is 1. The molecule has 0 amide bonds. The number of benzene rings is 1. The highest BCUT2D eigenvalue weighted by molar-refractivity contribution is 14.0. The zero-order valence-electron chi connectivity index (χ0n) is 17.6. The van der Waals surface area contributed by atoms with E-state index in [2.05, 4.69) is 50.9 Å². The molecule has 0 spiro atoms. The first-order valence-corrected chi connectivity index (χ1v) is 10.7. The third kappa shape index (κ3) is 9.19. The minimum atomic E-state index is 0. The molecule has 0 aromatic heterocycles. The second-order valence-corrected chi connectivity index (χ2v) is 7.84. The van der Waals surface area contributed by atoms with Crippen LogP contribution in [-0.2, 0) is 16.0 Å². The van der Waals surface area contributed by atoms with Gasteiger partial charge in [0.2, 0.25) is 0 Å². The summed E-state index contributed by atoms with van der Waals surface area (Å²) in [4.78, 5) is 6.91. The van der Waals surface area contributed by atoms with Gasteiger partial charge in [-0.3, -0.25) is 9.89 Å². The van der Waals surface area contributed by atoms with E-state index in [9.17, 15) is 0 Å². The van der Waals surface area contributed by atoms with Crippen molar-refractivity contribution >= 4 is 29.9 Å². The van der Waals surface area contributed by atoms with Crippen molar-refractivity contribution in [1.82, 2.24) is 15.5 Å². The molecule has 0 radical (unpaired) electrons. The molecule has 2 aliphatic rings. The Labute approximate surface area is 192 Å². The Hall–Kier alpha value is -0.900. The van der Waals surface area contributed by atoms with Crippen LogP contribution in [0.5, 0.6) is 0 Å². The number of halogens is 1. The third-order valence-electron chi connectivity index (χ3n) is 5.54. The summed E-state index contributed by atoms with van der Waals surface area (Å²) >= 11 is 0. The highest BCUT2D eigenvalue weighted by Gasteiger charge is 2.20. The quantitative estimate of drug-likeness (QED) is 0.229. The van der Waals surface area contributed by atoms with Crippen LogP contribution in [0, 0.1) is 5.92 Å². The van der Waals surface area contributed by atoms with Crippen molar-refractivity contribution < 1.29 is 9.47 Å². The van der Waals surface area contributed by atoms with Crippen molar-refractivity contribution in [2.75, 3.05) is 53.1 Å². The fourth-order valence-electron chi connectivity index (χ4n) is 3.81. The number of rotatable bonds is 9. The van der Waals surface area contributed by atoms with Crippen LogP contribution in [0.15, 0.2) is 35.3 Å². The Morgan fingerprint density at radius 2 is 2.00 bits per heavy atom. The standard InChI is InChI=1S/C22H36N4O2.HI/c1-23-22(24-11-5-14-27-17-20-10-15-28-18-20)25-21-8-12-26(13-9-21)16-19-6-3-2-4-7-19;/h2-4,6-7,20-21H,5,8-18H2,1H3,(H2,23,24,25);1H. The van der Waals surface area contributed by atoms with Gasteiger partial charge in [0.15, 0.2) is 5.96 Å². The molecular weight excluding hydrogens is 479 g/mol. The molecule has 0 saturated carbocycles. The average Bonchev–Trinajstić information content (AvgIpc) is 3.25. The number of aliphatic imine (C=N–C) groups is 1. The number of ether oxygens (including phenoxy) is 2. The molecule has 1 atom stereocenters. The van der Waals surface area contributed by atoms with Crippen molar-refractivity contribution in [1.29, 1.82) is 0 Å². The van der Waals surface area contributed by atoms with Crippen LogP contribution in [0.3, 0.4) is 0 Å². The monoisotopic (exact) mass is 516 g/mol.